The molecule has 0 fully saturated rings. The lowest BCUT2D eigenvalue weighted by Crippen LogP contribution is -2.27. The molecule has 1 aliphatic rings. The van der Waals surface area contributed by atoms with Crippen LogP contribution in [0, 0.1) is 0 Å². The van der Waals surface area contributed by atoms with E-state index >= 15 is 0 Å². The maximum absolute atomic E-state index is 12.4. The Hall–Kier alpha value is -2.41. The van der Waals surface area contributed by atoms with Crippen molar-refractivity contribution in [3.63, 3.8) is 0 Å². The number of benzene rings is 2. The Kier molecular flexibility index (Phi) is 5.62. The Bertz CT molecular complexity index is 1020. The summed E-state index contributed by atoms with van der Waals surface area (Å²) in [5.41, 5.74) is 13.8. The summed E-state index contributed by atoms with van der Waals surface area (Å²) >= 11 is 3.41. The molecule has 3 aromatic rings. The minimum atomic E-state index is -0.256. The highest BCUT2D eigenvalue weighted by Gasteiger charge is 2.20. The van der Waals surface area contributed by atoms with Crippen molar-refractivity contribution in [2.45, 2.75) is 25.3 Å². The van der Waals surface area contributed by atoms with Gasteiger partial charge in [0.2, 0.25) is 0 Å². The fourth-order valence-electron chi connectivity index (χ4n) is 3.56. The van der Waals surface area contributed by atoms with Crippen molar-refractivity contribution in [2.24, 2.45) is 5.73 Å². The first kappa shape index (κ1) is 18.9. The number of rotatable bonds is 5. The molecule has 0 saturated heterocycles. The standard InChI is InChI=1S/C22H22BrN3O2/c23-16-6-3-14(4-7-16)2-1-11-28-26-22(27)15-5-9-20-18(12-15)19-13-17(24)8-10-21(19)25-20/h1-7,9,12,17,25H,8,10-11,13,24H2,(H,26,27)/b2-1+. The lowest BCUT2D eigenvalue weighted by molar-refractivity contribution is 0.0422. The molecule has 0 saturated carbocycles. The maximum Gasteiger partial charge on any atom is 0.274 e. The van der Waals surface area contributed by atoms with Crippen molar-refractivity contribution in [1.82, 2.24) is 10.5 Å². The molecule has 4 N–H and O–H groups in total. The highest BCUT2D eigenvalue weighted by molar-refractivity contribution is 9.10. The van der Waals surface area contributed by atoms with E-state index in [9.17, 15) is 4.79 Å². The summed E-state index contributed by atoms with van der Waals surface area (Å²) in [4.78, 5) is 21.2. The molecule has 1 aliphatic carbocycles. The molecule has 1 heterocycles. The summed E-state index contributed by atoms with van der Waals surface area (Å²) in [5.74, 6) is -0.256. The molecule has 0 aliphatic heterocycles. The van der Waals surface area contributed by atoms with Crippen LogP contribution < -0.4 is 11.2 Å². The van der Waals surface area contributed by atoms with Crippen LogP contribution in [0.4, 0.5) is 0 Å². The number of carbonyl (C=O) groups excluding carboxylic acids is 1. The van der Waals surface area contributed by atoms with Gasteiger partial charge in [0.05, 0.1) is 6.61 Å². The van der Waals surface area contributed by atoms with Crippen LogP contribution in [0.1, 0.15) is 33.6 Å². The Morgan fingerprint density at radius 3 is 2.93 bits per heavy atom. The number of amides is 1. The number of aromatic nitrogens is 1. The summed E-state index contributed by atoms with van der Waals surface area (Å²) in [6, 6.07) is 13.8. The van der Waals surface area contributed by atoms with Crippen molar-refractivity contribution in [2.75, 3.05) is 6.61 Å². The first-order valence-electron chi connectivity index (χ1n) is 9.33. The van der Waals surface area contributed by atoms with Crippen LogP contribution in [0.2, 0.25) is 0 Å². The monoisotopic (exact) mass is 439 g/mol. The second kappa shape index (κ2) is 8.31. The Morgan fingerprint density at radius 2 is 2.11 bits per heavy atom. The van der Waals surface area contributed by atoms with E-state index in [-0.39, 0.29) is 11.9 Å². The Labute approximate surface area is 172 Å². The van der Waals surface area contributed by atoms with Gasteiger partial charge in [-0.05, 0) is 60.7 Å². The molecule has 2 aromatic carbocycles. The number of hydrogen-bond acceptors (Lipinski definition) is 3. The molecule has 4 rings (SSSR count). The predicted molar refractivity (Wildman–Crippen MR) is 115 cm³/mol. The third-order valence-electron chi connectivity index (χ3n) is 5.01. The Morgan fingerprint density at radius 1 is 1.29 bits per heavy atom. The number of halogens is 1. The average molecular weight is 440 g/mol. The molecular weight excluding hydrogens is 418 g/mol. The lowest BCUT2D eigenvalue weighted by Gasteiger charge is -2.18. The van der Waals surface area contributed by atoms with E-state index in [1.54, 1.807) is 6.07 Å². The highest BCUT2D eigenvalue weighted by Crippen LogP contribution is 2.29. The van der Waals surface area contributed by atoms with Gasteiger partial charge < -0.3 is 10.7 Å². The number of hydrogen-bond donors (Lipinski definition) is 3. The lowest BCUT2D eigenvalue weighted by atomic mass is 9.92. The van der Waals surface area contributed by atoms with Gasteiger partial charge in [-0.15, -0.1) is 0 Å². The zero-order valence-corrected chi connectivity index (χ0v) is 17.0. The molecule has 1 aromatic heterocycles. The summed E-state index contributed by atoms with van der Waals surface area (Å²) < 4.78 is 1.04. The average Bonchev–Trinajstić information content (AvgIpc) is 3.06. The van der Waals surface area contributed by atoms with Gasteiger partial charge in [-0.2, -0.15) is 0 Å². The van der Waals surface area contributed by atoms with Gasteiger partial charge in [0.25, 0.3) is 5.91 Å². The van der Waals surface area contributed by atoms with E-state index in [1.807, 2.05) is 48.6 Å². The minimum Gasteiger partial charge on any atom is -0.358 e. The molecule has 1 atom stereocenters. The summed E-state index contributed by atoms with van der Waals surface area (Å²) in [5, 5.41) is 1.08. The van der Waals surface area contributed by atoms with Crippen molar-refractivity contribution in [3.05, 3.63) is 75.4 Å². The van der Waals surface area contributed by atoms with Crippen molar-refractivity contribution < 1.29 is 9.63 Å². The molecule has 28 heavy (non-hydrogen) atoms. The fraction of sp³-hybridized carbons (Fsp3) is 0.227. The van der Waals surface area contributed by atoms with Crippen LogP contribution in [-0.4, -0.2) is 23.5 Å². The third-order valence-corrected chi connectivity index (χ3v) is 5.54. The number of carbonyl (C=O) groups is 1. The van der Waals surface area contributed by atoms with Gasteiger partial charge in [-0.3, -0.25) is 9.63 Å². The van der Waals surface area contributed by atoms with E-state index in [0.717, 1.165) is 40.2 Å². The molecule has 5 nitrogen and oxygen atoms in total. The molecular formula is C22H22BrN3O2. The largest absolute Gasteiger partial charge is 0.358 e. The second-order valence-electron chi connectivity index (χ2n) is 7.04. The fourth-order valence-corrected chi connectivity index (χ4v) is 3.82. The molecule has 0 spiro atoms. The number of fused-ring (bicyclic) bond motifs is 3. The number of nitrogens with two attached hydrogens (primary N) is 1. The Balaban J connectivity index is 1.37. The number of hydroxylamine groups is 1. The first-order chi connectivity index (χ1) is 13.6. The minimum absolute atomic E-state index is 0.185. The number of aromatic amines is 1. The van der Waals surface area contributed by atoms with E-state index in [1.165, 1.54) is 11.3 Å². The normalized spacial score (nSPS) is 16.4. The molecule has 0 bridgehead atoms. The van der Waals surface area contributed by atoms with E-state index in [2.05, 4.69) is 26.4 Å². The number of nitrogens with one attached hydrogen (secondary N) is 2. The zero-order valence-electron chi connectivity index (χ0n) is 15.4. The maximum atomic E-state index is 12.4. The van der Waals surface area contributed by atoms with Crippen LogP contribution in [-0.2, 0) is 17.7 Å². The molecule has 1 amide bonds. The molecule has 144 valence electrons. The van der Waals surface area contributed by atoms with Gasteiger partial charge >= 0.3 is 0 Å². The zero-order chi connectivity index (χ0) is 19.5. The van der Waals surface area contributed by atoms with E-state index < -0.39 is 0 Å². The molecule has 0 radical (unpaired) electrons. The topological polar surface area (TPSA) is 80.1 Å². The molecule has 1 unspecified atom stereocenters. The van der Waals surface area contributed by atoms with Crippen molar-refractivity contribution in [1.29, 1.82) is 0 Å². The summed E-state index contributed by atoms with van der Waals surface area (Å²) in [6.45, 7) is 0.290. The quantitative estimate of drug-likeness (QED) is 0.413. The van der Waals surface area contributed by atoms with Gasteiger partial charge in [0.15, 0.2) is 0 Å². The van der Waals surface area contributed by atoms with Gasteiger partial charge in [-0.25, -0.2) is 5.48 Å². The van der Waals surface area contributed by atoms with Crippen molar-refractivity contribution >= 4 is 38.8 Å². The van der Waals surface area contributed by atoms with E-state index in [4.69, 9.17) is 10.6 Å². The number of H-pyrrole nitrogens is 1. The van der Waals surface area contributed by atoms with Crippen LogP contribution in [0.15, 0.2) is 53.0 Å². The highest BCUT2D eigenvalue weighted by atomic mass is 79.9. The van der Waals surface area contributed by atoms with Crippen LogP contribution in [0.3, 0.4) is 0 Å². The third kappa shape index (κ3) is 4.19. The molecule has 6 heteroatoms. The van der Waals surface area contributed by atoms with Crippen LogP contribution in [0.5, 0.6) is 0 Å². The summed E-state index contributed by atoms with van der Waals surface area (Å²) in [6.07, 6.45) is 6.60. The van der Waals surface area contributed by atoms with Crippen LogP contribution in [0.25, 0.3) is 17.0 Å². The van der Waals surface area contributed by atoms with Crippen LogP contribution >= 0.6 is 15.9 Å². The van der Waals surface area contributed by atoms with Gasteiger partial charge in [0, 0.05) is 32.7 Å². The van der Waals surface area contributed by atoms with Gasteiger partial charge in [-0.1, -0.05) is 40.2 Å². The van der Waals surface area contributed by atoms with Gasteiger partial charge in [0.1, 0.15) is 0 Å². The summed E-state index contributed by atoms with van der Waals surface area (Å²) in [7, 11) is 0. The smallest absolute Gasteiger partial charge is 0.274 e. The first-order valence-corrected chi connectivity index (χ1v) is 10.1. The van der Waals surface area contributed by atoms with E-state index in [0.29, 0.717) is 12.2 Å². The predicted octanol–water partition coefficient (Wildman–Crippen LogP) is 4.12. The number of aryl methyl sites for hydroxylation is 1. The van der Waals surface area contributed by atoms with Crippen molar-refractivity contribution in [3.8, 4) is 0 Å². The SMILES string of the molecule is NC1CCc2[nH]c3ccc(C(=O)NOC/C=C/c4ccc(Br)cc4)cc3c2C1. The second-order valence-corrected chi connectivity index (χ2v) is 7.96.